The number of likely N-dealkylation sites (tertiary alicyclic amines) is 1. The van der Waals surface area contributed by atoms with Crippen molar-refractivity contribution in [2.45, 2.75) is 44.3 Å². The number of fused-ring (bicyclic) bond motifs is 4. The molecule has 0 unspecified atom stereocenters. The van der Waals surface area contributed by atoms with Crippen LogP contribution in [0.4, 0.5) is 11.5 Å². The molecule has 2 bridgehead atoms. The topological polar surface area (TPSA) is 116 Å². The Kier molecular flexibility index (Phi) is 5.75. The van der Waals surface area contributed by atoms with E-state index in [1.807, 2.05) is 42.3 Å². The number of hydrogen-bond donors (Lipinski definition) is 2. The molecule has 1 aromatic carbocycles. The SMILES string of the molecule is COc1cc(C(=O)N2C[C@H]3CC[C@@H]2[C@@H]3N)cc2nc(-c3cc4ccc(Nc5ccncc5)nc4n3CC3CC3)n(C)c12. The van der Waals surface area contributed by atoms with Gasteiger partial charge in [-0.15, -0.1) is 0 Å². The molecule has 214 valence electrons. The van der Waals surface area contributed by atoms with Gasteiger partial charge in [0.05, 0.1) is 18.3 Å². The maximum Gasteiger partial charge on any atom is 0.254 e. The molecule has 4 aromatic heterocycles. The lowest BCUT2D eigenvalue weighted by Crippen LogP contribution is -2.41. The maximum absolute atomic E-state index is 13.7. The first-order chi connectivity index (χ1) is 20.5. The van der Waals surface area contributed by atoms with Gasteiger partial charge in [-0.3, -0.25) is 9.78 Å². The summed E-state index contributed by atoms with van der Waals surface area (Å²) in [5.74, 6) is 3.27. The molecule has 3 aliphatic rings. The van der Waals surface area contributed by atoms with Crippen molar-refractivity contribution in [2.75, 3.05) is 19.0 Å². The summed E-state index contributed by atoms with van der Waals surface area (Å²) in [4.78, 5) is 29.9. The summed E-state index contributed by atoms with van der Waals surface area (Å²) < 4.78 is 10.2. The number of anilines is 2. The van der Waals surface area contributed by atoms with Gasteiger partial charge in [0.1, 0.15) is 22.7 Å². The number of aromatic nitrogens is 5. The highest BCUT2D eigenvalue weighted by molar-refractivity contribution is 6.00. The summed E-state index contributed by atoms with van der Waals surface area (Å²) in [6.07, 6.45) is 8.04. The largest absolute Gasteiger partial charge is 0.494 e. The molecule has 42 heavy (non-hydrogen) atoms. The van der Waals surface area contributed by atoms with Crippen LogP contribution in [0.3, 0.4) is 0 Å². The van der Waals surface area contributed by atoms with E-state index in [1.165, 1.54) is 12.8 Å². The number of benzene rings is 1. The molecule has 3 atom stereocenters. The number of carbonyl (C=O) groups is 1. The van der Waals surface area contributed by atoms with Gasteiger partial charge in [-0.2, -0.15) is 0 Å². The van der Waals surface area contributed by atoms with E-state index in [-0.39, 0.29) is 18.0 Å². The summed E-state index contributed by atoms with van der Waals surface area (Å²) in [6, 6.07) is 14.1. The predicted molar refractivity (Wildman–Crippen MR) is 162 cm³/mol. The standard InChI is InChI=1S/C32H34N8O2/c1-38-29-23(13-21(15-26(29)42-2)32(41)40-17-20-5-7-24(40)28(20)33)36-31(38)25-14-19-6-8-27(35-22-9-11-34-12-10-22)37-30(19)39(25)16-18-3-4-18/h6,8-15,18,20,24,28H,3-5,7,16-17,33H2,1-2H3,(H,34,35,37)/t20-,24-,28-/m1/s1. The average molecular weight is 563 g/mol. The number of imidazole rings is 1. The minimum atomic E-state index is 0.00586. The number of amides is 1. The molecule has 0 radical (unpaired) electrons. The third-order valence-corrected chi connectivity index (χ3v) is 9.38. The normalized spacial score (nSPS) is 21.5. The van der Waals surface area contributed by atoms with Gasteiger partial charge in [0.15, 0.2) is 5.82 Å². The number of methoxy groups -OCH3 is 1. The Bertz CT molecular complexity index is 1840. The van der Waals surface area contributed by atoms with Crippen molar-refractivity contribution in [3.8, 4) is 17.3 Å². The number of nitrogens with one attached hydrogen (secondary N) is 1. The lowest BCUT2D eigenvalue weighted by atomic mass is 10.1. The minimum absolute atomic E-state index is 0.00586. The molecule has 10 nitrogen and oxygen atoms in total. The third kappa shape index (κ3) is 4.04. The number of pyridine rings is 2. The fraction of sp³-hybridized carbons (Fsp3) is 0.375. The van der Waals surface area contributed by atoms with Crippen LogP contribution in [0.1, 0.15) is 36.0 Å². The van der Waals surface area contributed by atoms with Gasteiger partial charge in [0, 0.05) is 61.3 Å². The molecule has 3 N–H and O–H groups in total. The first-order valence-electron chi connectivity index (χ1n) is 14.8. The third-order valence-electron chi connectivity index (χ3n) is 9.38. The number of nitrogens with zero attached hydrogens (tertiary/aromatic N) is 6. The van der Waals surface area contributed by atoms with Crippen molar-refractivity contribution in [2.24, 2.45) is 24.6 Å². The molecular weight excluding hydrogens is 528 g/mol. The zero-order chi connectivity index (χ0) is 28.5. The van der Waals surface area contributed by atoms with Gasteiger partial charge in [-0.25, -0.2) is 9.97 Å². The summed E-state index contributed by atoms with van der Waals surface area (Å²) >= 11 is 0. The van der Waals surface area contributed by atoms with E-state index in [9.17, 15) is 4.79 Å². The Morgan fingerprint density at radius 2 is 1.90 bits per heavy atom. The number of carbonyl (C=O) groups excluding carboxylic acids is 1. The van der Waals surface area contributed by atoms with Crippen LogP contribution in [0, 0.1) is 11.8 Å². The van der Waals surface area contributed by atoms with E-state index in [4.69, 9.17) is 20.4 Å². The van der Waals surface area contributed by atoms with E-state index in [2.05, 4.69) is 31.6 Å². The van der Waals surface area contributed by atoms with E-state index in [0.29, 0.717) is 23.1 Å². The van der Waals surface area contributed by atoms with Crippen molar-refractivity contribution in [3.05, 3.63) is 60.4 Å². The summed E-state index contributed by atoms with van der Waals surface area (Å²) in [7, 11) is 3.66. The molecule has 8 rings (SSSR count). The van der Waals surface area contributed by atoms with Crippen LogP contribution in [-0.4, -0.2) is 60.6 Å². The molecule has 2 aliphatic carbocycles. The Morgan fingerprint density at radius 1 is 1.07 bits per heavy atom. The minimum Gasteiger partial charge on any atom is -0.494 e. The number of nitrogens with two attached hydrogens (primary N) is 1. The average Bonchev–Trinajstić information content (AvgIpc) is 3.42. The number of hydrogen-bond acceptors (Lipinski definition) is 7. The van der Waals surface area contributed by atoms with Gasteiger partial charge in [-0.1, -0.05) is 0 Å². The summed E-state index contributed by atoms with van der Waals surface area (Å²) in [6.45, 7) is 1.61. The number of aryl methyl sites for hydroxylation is 1. The molecule has 1 aliphatic heterocycles. The van der Waals surface area contributed by atoms with Crippen LogP contribution in [-0.2, 0) is 13.6 Å². The molecule has 5 aromatic rings. The molecular formula is C32H34N8O2. The van der Waals surface area contributed by atoms with Crippen LogP contribution in [0.15, 0.2) is 54.9 Å². The van der Waals surface area contributed by atoms with E-state index >= 15 is 0 Å². The van der Waals surface area contributed by atoms with E-state index < -0.39 is 0 Å². The zero-order valence-electron chi connectivity index (χ0n) is 23.8. The monoisotopic (exact) mass is 562 g/mol. The Balaban J connectivity index is 1.21. The van der Waals surface area contributed by atoms with Gasteiger partial charge in [-0.05, 0) is 80.0 Å². The second kappa shape index (κ2) is 9.55. The summed E-state index contributed by atoms with van der Waals surface area (Å²) in [5.41, 5.74) is 11.5. The lowest BCUT2D eigenvalue weighted by Gasteiger charge is -2.27. The fourth-order valence-corrected chi connectivity index (χ4v) is 6.98. The van der Waals surface area contributed by atoms with Crippen LogP contribution < -0.4 is 15.8 Å². The molecule has 0 spiro atoms. The Morgan fingerprint density at radius 3 is 2.62 bits per heavy atom. The highest BCUT2D eigenvalue weighted by atomic mass is 16.5. The molecule has 10 heteroatoms. The second-order valence-corrected chi connectivity index (χ2v) is 12.0. The van der Waals surface area contributed by atoms with Crippen LogP contribution in [0.25, 0.3) is 33.6 Å². The van der Waals surface area contributed by atoms with Crippen LogP contribution in [0.2, 0.25) is 0 Å². The lowest BCUT2D eigenvalue weighted by molar-refractivity contribution is 0.0700. The van der Waals surface area contributed by atoms with Gasteiger partial charge in [0.25, 0.3) is 5.91 Å². The smallest absolute Gasteiger partial charge is 0.254 e. The second-order valence-electron chi connectivity index (χ2n) is 12.0. The van der Waals surface area contributed by atoms with Crippen molar-refractivity contribution in [1.29, 1.82) is 0 Å². The molecule has 1 amide bonds. The van der Waals surface area contributed by atoms with Crippen LogP contribution >= 0.6 is 0 Å². The predicted octanol–water partition coefficient (Wildman–Crippen LogP) is 4.71. The Labute approximate surface area is 243 Å². The summed E-state index contributed by atoms with van der Waals surface area (Å²) in [5, 5.41) is 4.45. The highest BCUT2D eigenvalue weighted by Gasteiger charge is 2.47. The molecule has 3 fully saturated rings. The molecule has 2 saturated carbocycles. The maximum atomic E-state index is 13.7. The zero-order valence-corrected chi connectivity index (χ0v) is 23.8. The number of ether oxygens (including phenoxy) is 1. The fourth-order valence-electron chi connectivity index (χ4n) is 6.98. The van der Waals surface area contributed by atoms with Gasteiger partial charge < -0.3 is 29.8 Å². The van der Waals surface area contributed by atoms with Gasteiger partial charge >= 0.3 is 0 Å². The van der Waals surface area contributed by atoms with Crippen LogP contribution in [0.5, 0.6) is 5.75 Å². The van der Waals surface area contributed by atoms with E-state index in [0.717, 1.165) is 71.0 Å². The van der Waals surface area contributed by atoms with Crippen molar-refractivity contribution < 1.29 is 9.53 Å². The van der Waals surface area contributed by atoms with Gasteiger partial charge in [0.2, 0.25) is 0 Å². The molecule has 5 heterocycles. The highest BCUT2D eigenvalue weighted by Crippen LogP contribution is 2.40. The first-order valence-corrected chi connectivity index (χ1v) is 14.8. The van der Waals surface area contributed by atoms with Crippen molar-refractivity contribution in [1.82, 2.24) is 29.0 Å². The Hall–Kier alpha value is -4.44. The number of rotatable bonds is 7. The number of piperidine rings is 1. The van der Waals surface area contributed by atoms with Crippen molar-refractivity contribution >= 4 is 39.5 Å². The quantitative estimate of drug-likeness (QED) is 0.295. The molecule has 1 saturated heterocycles. The van der Waals surface area contributed by atoms with Crippen molar-refractivity contribution in [3.63, 3.8) is 0 Å². The first kappa shape index (κ1) is 25.3. The van der Waals surface area contributed by atoms with E-state index in [1.54, 1.807) is 19.5 Å².